The van der Waals surface area contributed by atoms with Gasteiger partial charge in [-0.15, -0.1) is 0 Å². The molecule has 8 heteroatoms. The number of nitrogens with zero attached hydrogens (tertiary/aromatic N) is 1. The average Bonchev–Trinajstić information content (AvgIpc) is 3.49. The molecule has 37 heavy (non-hydrogen) atoms. The Balaban J connectivity index is 1.30. The largest absolute Gasteiger partial charge is 0.496 e. The van der Waals surface area contributed by atoms with Gasteiger partial charge in [-0.1, -0.05) is 42.6 Å². The van der Waals surface area contributed by atoms with Crippen molar-refractivity contribution in [1.82, 2.24) is 10.3 Å². The van der Waals surface area contributed by atoms with E-state index in [1.807, 2.05) is 30.3 Å². The average molecular weight is 518 g/mol. The van der Waals surface area contributed by atoms with E-state index >= 15 is 0 Å². The fourth-order valence-electron chi connectivity index (χ4n) is 5.34. The van der Waals surface area contributed by atoms with Gasteiger partial charge in [0.2, 0.25) is 5.91 Å². The van der Waals surface area contributed by atoms with E-state index in [1.165, 1.54) is 0 Å². The van der Waals surface area contributed by atoms with Crippen molar-refractivity contribution in [2.75, 3.05) is 7.11 Å². The van der Waals surface area contributed by atoms with Crippen LogP contribution in [0.4, 0.5) is 0 Å². The molecular weight excluding hydrogens is 490 g/mol. The van der Waals surface area contributed by atoms with Crippen molar-refractivity contribution in [3.05, 3.63) is 64.3 Å². The number of fused-ring (bicyclic) bond motifs is 2. The van der Waals surface area contributed by atoms with Crippen LogP contribution >= 0.6 is 11.6 Å². The van der Waals surface area contributed by atoms with E-state index in [-0.39, 0.29) is 36.7 Å². The Bertz CT molecular complexity index is 1420. The summed E-state index contributed by atoms with van der Waals surface area (Å²) in [7, 11) is 1.58. The number of carbonyl (C=O) groups is 3. The second-order valence-corrected chi connectivity index (χ2v) is 10.4. The molecule has 2 aromatic carbocycles. The minimum atomic E-state index is -0.863. The van der Waals surface area contributed by atoms with Crippen molar-refractivity contribution >= 4 is 40.0 Å². The van der Waals surface area contributed by atoms with E-state index in [2.05, 4.69) is 16.4 Å². The summed E-state index contributed by atoms with van der Waals surface area (Å²) in [6, 6.07) is 14.0. The van der Waals surface area contributed by atoms with Crippen LogP contribution in [0.5, 0.6) is 5.75 Å². The first kappa shape index (κ1) is 25.0. The van der Waals surface area contributed by atoms with Crippen LogP contribution in [0, 0.1) is 23.2 Å². The normalized spacial score (nSPS) is 18.2. The van der Waals surface area contributed by atoms with E-state index in [0.717, 1.165) is 34.9 Å². The third kappa shape index (κ3) is 5.26. The van der Waals surface area contributed by atoms with Crippen molar-refractivity contribution in [1.29, 1.82) is 5.26 Å². The lowest BCUT2D eigenvalue weighted by Gasteiger charge is -2.21. The van der Waals surface area contributed by atoms with Crippen LogP contribution in [0.3, 0.4) is 0 Å². The zero-order chi connectivity index (χ0) is 26.1. The summed E-state index contributed by atoms with van der Waals surface area (Å²) in [5, 5.41) is 13.9. The maximum Gasteiger partial charge on any atom is 0.224 e. The summed E-state index contributed by atoms with van der Waals surface area (Å²) >= 11 is 6.37. The first-order valence-corrected chi connectivity index (χ1v) is 12.9. The van der Waals surface area contributed by atoms with Crippen molar-refractivity contribution < 1.29 is 19.1 Å². The highest BCUT2D eigenvalue weighted by atomic mass is 35.5. The molecule has 0 saturated heterocycles. The first-order chi connectivity index (χ1) is 17.9. The lowest BCUT2D eigenvalue weighted by atomic mass is 9.91. The molecule has 2 aliphatic carbocycles. The number of hydrogen-bond donors (Lipinski definition) is 2. The molecule has 5 rings (SSSR count). The molecule has 0 spiro atoms. The Kier molecular flexibility index (Phi) is 7.03. The number of methoxy groups -OCH3 is 1. The number of aromatic nitrogens is 1. The summed E-state index contributed by atoms with van der Waals surface area (Å²) in [4.78, 5) is 42.4. The van der Waals surface area contributed by atoms with E-state index in [9.17, 15) is 19.6 Å². The van der Waals surface area contributed by atoms with Crippen LogP contribution in [0.15, 0.2) is 42.5 Å². The van der Waals surface area contributed by atoms with Gasteiger partial charge in [-0.3, -0.25) is 14.4 Å². The molecular formula is C29H28ClN3O4. The number of hydrogen-bond acceptors (Lipinski definition) is 5. The zero-order valence-corrected chi connectivity index (χ0v) is 21.3. The minimum absolute atomic E-state index is 0.00320. The Labute approximate surface area is 220 Å². The molecule has 0 radical (unpaired) electrons. The fraction of sp³-hybridized carbons (Fsp3) is 0.379. The number of ketones is 2. The predicted octanol–water partition coefficient (Wildman–Crippen LogP) is 5.13. The van der Waals surface area contributed by atoms with Gasteiger partial charge in [0.25, 0.3) is 0 Å². The van der Waals surface area contributed by atoms with Gasteiger partial charge < -0.3 is 15.0 Å². The van der Waals surface area contributed by atoms with Gasteiger partial charge in [-0.25, -0.2) is 0 Å². The summed E-state index contributed by atoms with van der Waals surface area (Å²) in [6.07, 6.45) is 3.14. The van der Waals surface area contributed by atoms with Crippen molar-refractivity contribution in [2.24, 2.45) is 11.8 Å². The lowest BCUT2D eigenvalue weighted by molar-refractivity contribution is -0.126. The quantitative estimate of drug-likeness (QED) is 0.362. The number of rotatable bonds is 10. The third-order valence-corrected chi connectivity index (χ3v) is 7.78. The van der Waals surface area contributed by atoms with Crippen molar-refractivity contribution in [3.63, 3.8) is 0 Å². The number of nitrogens with one attached hydrogen (secondary N) is 2. The maximum atomic E-state index is 13.3. The second-order valence-electron chi connectivity index (χ2n) is 10.0. The van der Waals surface area contributed by atoms with Gasteiger partial charge >= 0.3 is 0 Å². The number of halogens is 1. The van der Waals surface area contributed by atoms with Gasteiger partial charge in [-0.2, -0.15) is 5.26 Å². The van der Waals surface area contributed by atoms with Crippen LogP contribution < -0.4 is 10.1 Å². The summed E-state index contributed by atoms with van der Waals surface area (Å²) < 4.78 is 5.39. The molecule has 2 aliphatic rings. The molecule has 190 valence electrons. The number of H-pyrrole nitrogens is 1. The number of ether oxygens (including phenoxy) is 1. The Morgan fingerprint density at radius 1 is 1.22 bits per heavy atom. The van der Waals surface area contributed by atoms with E-state index < -0.39 is 17.9 Å². The highest BCUT2D eigenvalue weighted by Crippen LogP contribution is 2.39. The number of aromatic amines is 1. The third-order valence-electron chi connectivity index (χ3n) is 7.45. The topological polar surface area (TPSA) is 112 Å². The predicted molar refractivity (Wildman–Crippen MR) is 140 cm³/mol. The Morgan fingerprint density at radius 3 is 2.73 bits per heavy atom. The van der Waals surface area contributed by atoms with Crippen LogP contribution in [0.1, 0.15) is 59.6 Å². The molecule has 3 aromatic rings. The monoisotopic (exact) mass is 517 g/mol. The van der Waals surface area contributed by atoms with Gasteiger partial charge in [0.1, 0.15) is 17.6 Å². The van der Waals surface area contributed by atoms with Gasteiger partial charge in [0, 0.05) is 40.6 Å². The highest BCUT2D eigenvalue weighted by Gasteiger charge is 2.36. The Morgan fingerprint density at radius 2 is 2.00 bits per heavy atom. The molecule has 1 amide bonds. The molecule has 7 nitrogen and oxygen atoms in total. The molecule has 0 aliphatic heterocycles. The van der Waals surface area contributed by atoms with E-state index in [0.29, 0.717) is 28.8 Å². The number of nitriles is 1. The Hall–Kier alpha value is -3.63. The van der Waals surface area contributed by atoms with Gasteiger partial charge in [-0.05, 0) is 54.2 Å². The minimum Gasteiger partial charge on any atom is -0.496 e. The SMILES string of the molecule is COc1cccc2[nH]c(C(=O)C[C@@H](CC3CC3)C(=O)N[C@H](C#N)C[C@H]3C(=O)Cc4cccc(Cl)c43)cc12. The second kappa shape index (κ2) is 10.4. The van der Waals surface area contributed by atoms with E-state index in [4.69, 9.17) is 16.3 Å². The summed E-state index contributed by atoms with van der Waals surface area (Å²) in [6.45, 7) is 0. The molecule has 1 saturated carbocycles. The molecule has 3 atom stereocenters. The van der Waals surface area contributed by atoms with Crippen molar-refractivity contribution in [3.8, 4) is 11.8 Å². The lowest BCUT2D eigenvalue weighted by Crippen LogP contribution is -2.40. The van der Waals surface area contributed by atoms with Crippen LogP contribution in [0.2, 0.25) is 5.02 Å². The molecule has 2 N–H and O–H groups in total. The standard InChI is InChI=1S/C29H28ClN3O4/c1-37-27-7-3-6-23-20(27)14-24(33-23)26(35)12-18(10-16-8-9-16)29(36)32-19(15-31)13-21-25(34)11-17-4-2-5-22(30)28(17)21/h2-7,14,16,18-19,21,33H,8-13H2,1H3,(H,32,36)/t18-,19+,21+/m1/s1. The smallest absolute Gasteiger partial charge is 0.224 e. The highest BCUT2D eigenvalue weighted by molar-refractivity contribution is 6.32. The molecule has 1 fully saturated rings. The van der Waals surface area contributed by atoms with Crippen LogP contribution in [-0.4, -0.2) is 35.6 Å². The number of Topliss-reactive ketones (excluding diaryl/α,β-unsaturated/α-hetero) is 2. The molecule has 0 bridgehead atoms. The van der Waals surface area contributed by atoms with Crippen LogP contribution in [-0.2, 0) is 16.0 Å². The number of carbonyl (C=O) groups excluding carboxylic acids is 3. The maximum absolute atomic E-state index is 13.3. The zero-order valence-electron chi connectivity index (χ0n) is 20.6. The van der Waals surface area contributed by atoms with Gasteiger partial charge in [0.15, 0.2) is 5.78 Å². The molecule has 1 heterocycles. The van der Waals surface area contributed by atoms with Gasteiger partial charge in [0.05, 0.1) is 18.9 Å². The number of benzene rings is 2. The van der Waals surface area contributed by atoms with Crippen LogP contribution in [0.25, 0.3) is 10.9 Å². The summed E-state index contributed by atoms with van der Waals surface area (Å²) in [5.74, 6) is -0.507. The first-order valence-electron chi connectivity index (χ1n) is 12.6. The van der Waals surface area contributed by atoms with Crippen molar-refractivity contribution in [2.45, 2.75) is 50.5 Å². The number of amides is 1. The molecule has 1 aromatic heterocycles. The fourth-order valence-corrected chi connectivity index (χ4v) is 5.67. The molecule has 0 unspecified atom stereocenters. The summed E-state index contributed by atoms with van der Waals surface area (Å²) in [5.41, 5.74) is 2.84. The van der Waals surface area contributed by atoms with E-state index in [1.54, 1.807) is 19.2 Å².